The van der Waals surface area contributed by atoms with E-state index in [1.807, 2.05) is 0 Å². The van der Waals surface area contributed by atoms with Crippen molar-refractivity contribution in [1.82, 2.24) is 0 Å². The summed E-state index contributed by atoms with van der Waals surface area (Å²) in [5, 5.41) is 19.5. The molecule has 0 aliphatic heterocycles. The normalized spacial score (nSPS) is 12.8. The van der Waals surface area contributed by atoms with Gasteiger partial charge in [-0.05, 0) is 30.7 Å². The van der Waals surface area contributed by atoms with Gasteiger partial charge in [-0.2, -0.15) is 4.89 Å². The molecule has 0 heterocycles. The van der Waals surface area contributed by atoms with Gasteiger partial charge in [0.05, 0.1) is 18.2 Å². The number of phenolic OH excluding ortho intramolecular Hbond substituents is 2. The zero-order valence-electron chi connectivity index (χ0n) is 11.8. The summed E-state index contributed by atoms with van der Waals surface area (Å²) in [4.78, 5) is 34.8. The van der Waals surface area contributed by atoms with Crippen LogP contribution in [0.4, 0.5) is 0 Å². The van der Waals surface area contributed by atoms with Crippen LogP contribution < -0.4 is 4.89 Å². The second-order valence-corrected chi connectivity index (χ2v) is 4.98. The molecule has 0 saturated heterocycles. The van der Waals surface area contributed by atoms with E-state index in [0.717, 1.165) is 12.1 Å². The maximum absolute atomic E-state index is 12.7. The average molecular weight is 300 g/mol. The molecule has 0 unspecified atom stereocenters. The van der Waals surface area contributed by atoms with Gasteiger partial charge in [0.25, 0.3) is 0 Å². The lowest BCUT2D eigenvalue weighted by molar-refractivity contribution is -0.178. The summed E-state index contributed by atoms with van der Waals surface area (Å²) in [6.07, 6.45) is 0. The van der Waals surface area contributed by atoms with Crippen LogP contribution in [0.25, 0.3) is 0 Å². The third-order valence-electron chi connectivity index (χ3n) is 3.47. The summed E-state index contributed by atoms with van der Waals surface area (Å²) >= 11 is 0. The van der Waals surface area contributed by atoms with Crippen molar-refractivity contribution >= 4 is 11.6 Å². The lowest BCUT2D eigenvalue weighted by Gasteiger charge is -2.20. The Morgan fingerprint density at radius 2 is 1.59 bits per heavy atom. The first-order valence-corrected chi connectivity index (χ1v) is 6.44. The highest BCUT2D eigenvalue weighted by Gasteiger charge is 2.35. The molecule has 0 amide bonds. The molecule has 6 heteroatoms. The van der Waals surface area contributed by atoms with Crippen molar-refractivity contribution in [3.8, 4) is 17.2 Å². The molecule has 1 aliphatic carbocycles. The molecular weight excluding hydrogens is 288 g/mol. The number of aryl methyl sites for hydroxylation is 1. The van der Waals surface area contributed by atoms with Gasteiger partial charge in [0.15, 0.2) is 11.5 Å². The number of carbonyl (C=O) groups excluding carboxylic acids is 2. The lowest BCUT2D eigenvalue weighted by Crippen LogP contribution is -2.22. The Kier molecular flexibility index (Phi) is 3.11. The Labute approximate surface area is 125 Å². The van der Waals surface area contributed by atoms with Gasteiger partial charge < -0.3 is 15.1 Å². The van der Waals surface area contributed by atoms with E-state index in [1.165, 1.54) is 7.11 Å². The zero-order valence-corrected chi connectivity index (χ0v) is 11.8. The Morgan fingerprint density at radius 1 is 0.909 bits per heavy atom. The molecule has 0 radical (unpaired) electrons. The van der Waals surface area contributed by atoms with Crippen LogP contribution in [0.15, 0.2) is 24.3 Å². The summed E-state index contributed by atoms with van der Waals surface area (Å²) in [5.74, 6) is -1.67. The molecular formula is C16H12O6. The molecule has 22 heavy (non-hydrogen) atoms. The van der Waals surface area contributed by atoms with Crippen LogP contribution in [0.2, 0.25) is 0 Å². The van der Waals surface area contributed by atoms with Crippen LogP contribution in [0.1, 0.15) is 37.4 Å². The van der Waals surface area contributed by atoms with Gasteiger partial charge in [-0.1, -0.05) is 0 Å². The molecule has 3 rings (SSSR count). The maximum Gasteiger partial charge on any atom is 0.202 e. The van der Waals surface area contributed by atoms with Crippen molar-refractivity contribution in [2.24, 2.45) is 0 Å². The smallest absolute Gasteiger partial charge is 0.202 e. The van der Waals surface area contributed by atoms with Crippen molar-refractivity contribution in [3.05, 3.63) is 52.1 Å². The van der Waals surface area contributed by atoms with Gasteiger partial charge in [-0.25, -0.2) is 0 Å². The van der Waals surface area contributed by atoms with Gasteiger partial charge in [-0.3, -0.25) is 9.59 Å². The van der Waals surface area contributed by atoms with Gasteiger partial charge in [0, 0.05) is 17.2 Å². The Hall–Kier alpha value is -2.86. The first kappa shape index (κ1) is 14.1. The third kappa shape index (κ3) is 1.93. The molecule has 2 aromatic rings. The number of ketones is 2. The molecule has 112 valence electrons. The fourth-order valence-corrected chi connectivity index (χ4v) is 2.62. The van der Waals surface area contributed by atoms with Gasteiger partial charge in [0.2, 0.25) is 5.78 Å². The van der Waals surface area contributed by atoms with E-state index in [4.69, 9.17) is 4.89 Å². The van der Waals surface area contributed by atoms with Crippen LogP contribution >= 0.6 is 0 Å². The summed E-state index contributed by atoms with van der Waals surface area (Å²) in [6, 6.07) is 5.30. The Morgan fingerprint density at radius 3 is 2.27 bits per heavy atom. The molecule has 1 aliphatic rings. The van der Waals surface area contributed by atoms with E-state index in [2.05, 4.69) is 4.89 Å². The largest absolute Gasteiger partial charge is 0.508 e. The van der Waals surface area contributed by atoms with Crippen molar-refractivity contribution in [3.63, 3.8) is 0 Å². The average Bonchev–Trinajstić information content (AvgIpc) is 2.43. The van der Waals surface area contributed by atoms with Gasteiger partial charge in [-0.15, -0.1) is 0 Å². The van der Waals surface area contributed by atoms with Crippen LogP contribution in [-0.4, -0.2) is 28.9 Å². The predicted molar refractivity (Wildman–Crippen MR) is 75.5 cm³/mol. The molecule has 0 aromatic heterocycles. The van der Waals surface area contributed by atoms with Crippen LogP contribution in [0.5, 0.6) is 17.2 Å². The standard InChI is InChI=1S/C16H12O6/c1-7-3-9-14(12(4-7)22-21-2)16(20)13-10(15(9)19)5-8(17)6-11(13)18/h3-6,17-18H,1-2H3. The number of rotatable bonds is 2. The van der Waals surface area contributed by atoms with Crippen molar-refractivity contribution in [1.29, 1.82) is 0 Å². The van der Waals surface area contributed by atoms with E-state index in [-0.39, 0.29) is 33.8 Å². The molecule has 2 N–H and O–H groups in total. The van der Waals surface area contributed by atoms with Gasteiger partial charge >= 0.3 is 0 Å². The van der Waals surface area contributed by atoms with Crippen LogP contribution in [-0.2, 0) is 4.89 Å². The van der Waals surface area contributed by atoms with Crippen molar-refractivity contribution < 1.29 is 29.6 Å². The zero-order chi connectivity index (χ0) is 16.0. The molecule has 0 fully saturated rings. The van der Waals surface area contributed by atoms with Crippen molar-refractivity contribution in [2.45, 2.75) is 6.92 Å². The molecule has 0 bridgehead atoms. The first-order chi connectivity index (χ1) is 10.4. The molecule has 6 nitrogen and oxygen atoms in total. The summed E-state index contributed by atoms with van der Waals surface area (Å²) in [5.41, 5.74) is 0.698. The van der Waals surface area contributed by atoms with Crippen molar-refractivity contribution in [2.75, 3.05) is 7.11 Å². The lowest BCUT2D eigenvalue weighted by atomic mass is 9.82. The summed E-state index contributed by atoms with van der Waals surface area (Å²) < 4.78 is 0. The Bertz CT molecular complexity index is 822. The van der Waals surface area contributed by atoms with E-state index < -0.39 is 17.3 Å². The maximum atomic E-state index is 12.7. The number of benzene rings is 2. The summed E-state index contributed by atoms with van der Waals surface area (Å²) in [7, 11) is 1.29. The molecule has 0 saturated carbocycles. The minimum Gasteiger partial charge on any atom is -0.508 e. The van der Waals surface area contributed by atoms with E-state index >= 15 is 0 Å². The predicted octanol–water partition coefficient (Wildman–Crippen LogP) is 2.12. The number of carbonyl (C=O) groups is 2. The molecule has 0 atom stereocenters. The number of aromatic hydroxyl groups is 2. The van der Waals surface area contributed by atoms with E-state index in [9.17, 15) is 19.8 Å². The van der Waals surface area contributed by atoms with Gasteiger partial charge in [0.1, 0.15) is 11.5 Å². The number of fused-ring (bicyclic) bond motifs is 2. The number of hydrogen-bond acceptors (Lipinski definition) is 6. The second-order valence-electron chi connectivity index (χ2n) is 4.98. The van der Waals surface area contributed by atoms with Crippen LogP contribution in [0.3, 0.4) is 0 Å². The van der Waals surface area contributed by atoms with E-state index in [0.29, 0.717) is 5.56 Å². The van der Waals surface area contributed by atoms with E-state index in [1.54, 1.807) is 19.1 Å². The quantitative estimate of drug-likeness (QED) is 0.556. The molecule has 0 spiro atoms. The number of hydrogen-bond donors (Lipinski definition) is 2. The Balaban J connectivity index is 2.34. The highest BCUT2D eigenvalue weighted by Crippen LogP contribution is 2.39. The fourth-order valence-electron chi connectivity index (χ4n) is 2.62. The second kappa shape index (κ2) is 4.85. The van der Waals surface area contributed by atoms with Crippen LogP contribution in [0, 0.1) is 6.92 Å². The minimum atomic E-state index is -0.561. The topological polar surface area (TPSA) is 93.1 Å². The third-order valence-corrected chi connectivity index (χ3v) is 3.47. The monoisotopic (exact) mass is 300 g/mol. The highest BCUT2D eigenvalue weighted by molar-refractivity contribution is 6.30. The number of phenols is 2. The highest BCUT2D eigenvalue weighted by atomic mass is 17.2. The SMILES string of the molecule is COOc1cc(C)cc2c1C(=O)c1c(O)cc(O)cc1C2=O. The summed E-state index contributed by atoms with van der Waals surface area (Å²) in [6.45, 7) is 1.75. The molecule has 2 aromatic carbocycles. The fraction of sp³-hybridized carbons (Fsp3) is 0.125. The minimum absolute atomic E-state index is 0.0333. The first-order valence-electron chi connectivity index (χ1n) is 6.44.